The fraction of sp³-hybridized carbons (Fsp3) is 0.500. The van der Waals surface area contributed by atoms with Crippen LogP contribution in [0.15, 0.2) is 6.07 Å². The van der Waals surface area contributed by atoms with Gasteiger partial charge in [0.25, 0.3) is 0 Å². The van der Waals surface area contributed by atoms with Crippen molar-refractivity contribution in [3.05, 3.63) is 15.5 Å². The van der Waals surface area contributed by atoms with Crippen LogP contribution >= 0.6 is 22.6 Å². The first-order chi connectivity index (χ1) is 4.74. The molecule has 0 amide bonds. The second kappa shape index (κ2) is 3.32. The minimum atomic E-state index is -0.349. The molecule has 0 atom stereocenters. The molecule has 0 aliphatic carbocycles. The molecule has 10 heavy (non-hydrogen) atoms. The van der Waals surface area contributed by atoms with Gasteiger partial charge in [0.1, 0.15) is 10.4 Å². The molecule has 0 bridgehead atoms. The van der Waals surface area contributed by atoms with Crippen molar-refractivity contribution < 1.29 is 4.39 Å². The van der Waals surface area contributed by atoms with Crippen LogP contribution in [0.4, 0.5) is 4.39 Å². The second-order valence-electron chi connectivity index (χ2n) is 2.02. The first kappa shape index (κ1) is 7.97. The van der Waals surface area contributed by atoms with Gasteiger partial charge < -0.3 is 0 Å². The summed E-state index contributed by atoms with van der Waals surface area (Å²) in [5, 5.41) is 4.06. The number of alkyl halides is 1. The summed E-state index contributed by atoms with van der Waals surface area (Å²) < 4.78 is 14.4. The van der Waals surface area contributed by atoms with Crippen LogP contribution in [0.25, 0.3) is 0 Å². The molecule has 0 fully saturated rings. The van der Waals surface area contributed by atoms with Crippen molar-refractivity contribution in [2.75, 3.05) is 6.67 Å². The minimum absolute atomic E-state index is 0.349. The van der Waals surface area contributed by atoms with E-state index in [0.29, 0.717) is 6.54 Å². The van der Waals surface area contributed by atoms with E-state index in [9.17, 15) is 4.39 Å². The van der Waals surface area contributed by atoms with Crippen molar-refractivity contribution >= 4 is 22.6 Å². The van der Waals surface area contributed by atoms with Crippen LogP contribution in [0.3, 0.4) is 0 Å². The van der Waals surface area contributed by atoms with Crippen LogP contribution in [0.5, 0.6) is 0 Å². The lowest BCUT2D eigenvalue weighted by atomic mass is 10.5. The highest BCUT2D eigenvalue weighted by atomic mass is 127. The predicted molar refractivity (Wildman–Crippen MR) is 45.7 cm³/mol. The van der Waals surface area contributed by atoms with Crippen LogP contribution in [0.1, 0.15) is 5.69 Å². The molecule has 1 rings (SSSR count). The monoisotopic (exact) mass is 254 g/mol. The van der Waals surface area contributed by atoms with Gasteiger partial charge in [0.05, 0.1) is 6.54 Å². The SMILES string of the molecule is Cc1cc(I)nn1CCF. The maximum atomic E-state index is 11.8. The zero-order valence-electron chi connectivity index (χ0n) is 5.64. The quantitative estimate of drug-likeness (QED) is 0.735. The van der Waals surface area contributed by atoms with E-state index >= 15 is 0 Å². The highest BCUT2D eigenvalue weighted by Crippen LogP contribution is 2.04. The molecule has 0 radical (unpaired) electrons. The Labute approximate surface area is 72.6 Å². The molecule has 0 aromatic carbocycles. The van der Waals surface area contributed by atoms with Gasteiger partial charge in [-0.3, -0.25) is 4.68 Å². The van der Waals surface area contributed by atoms with Crippen molar-refractivity contribution in [3.63, 3.8) is 0 Å². The average Bonchev–Trinajstić information content (AvgIpc) is 2.13. The van der Waals surface area contributed by atoms with Gasteiger partial charge in [0.2, 0.25) is 0 Å². The normalized spacial score (nSPS) is 10.3. The van der Waals surface area contributed by atoms with Crippen LogP contribution in [0.2, 0.25) is 0 Å². The van der Waals surface area contributed by atoms with E-state index in [0.717, 1.165) is 9.39 Å². The van der Waals surface area contributed by atoms with Crippen molar-refractivity contribution in [1.82, 2.24) is 9.78 Å². The maximum Gasteiger partial charge on any atom is 0.123 e. The van der Waals surface area contributed by atoms with Crippen molar-refractivity contribution in [3.8, 4) is 0 Å². The Bertz CT molecular complexity index is 222. The number of hydrogen-bond acceptors (Lipinski definition) is 1. The molecule has 2 nitrogen and oxygen atoms in total. The summed E-state index contributed by atoms with van der Waals surface area (Å²) in [4.78, 5) is 0. The fourth-order valence-electron chi connectivity index (χ4n) is 0.776. The lowest BCUT2D eigenvalue weighted by Crippen LogP contribution is -2.03. The highest BCUT2D eigenvalue weighted by molar-refractivity contribution is 14.1. The predicted octanol–water partition coefficient (Wildman–Crippen LogP) is 1.77. The van der Waals surface area contributed by atoms with Crippen molar-refractivity contribution in [2.45, 2.75) is 13.5 Å². The molecule has 56 valence electrons. The third-order valence-corrected chi connectivity index (χ3v) is 1.77. The number of halogens is 2. The minimum Gasteiger partial charge on any atom is -0.266 e. The van der Waals surface area contributed by atoms with Gasteiger partial charge in [-0.1, -0.05) is 0 Å². The smallest absolute Gasteiger partial charge is 0.123 e. The third kappa shape index (κ3) is 1.68. The van der Waals surface area contributed by atoms with Crippen LogP contribution in [-0.2, 0) is 6.54 Å². The largest absolute Gasteiger partial charge is 0.266 e. The van der Waals surface area contributed by atoms with E-state index in [1.165, 1.54) is 0 Å². The standard InChI is InChI=1S/C6H8FIN2/c1-5-4-6(8)9-10(5)3-2-7/h4H,2-3H2,1H3. The van der Waals surface area contributed by atoms with Gasteiger partial charge in [-0.25, -0.2) is 4.39 Å². The van der Waals surface area contributed by atoms with Gasteiger partial charge in [-0.2, -0.15) is 5.10 Å². The van der Waals surface area contributed by atoms with Gasteiger partial charge in [0, 0.05) is 5.69 Å². The van der Waals surface area contributed by atoms with E-state index in [2.05, 4.69) is 27.7 Å². The van der Waals surface area contributed by atoms with Crippen LogP contribution in [-0.4, -0.2) is 16.5 Å². The lowest BCUT2D eigenvalue weighted by Gasteiger charge is -1.97. The van der Waals surface area contributed by atoms with E-state index in [1.807, 2.05) is 13.0 Å². The first-order valence-electron chi connectivity index (χ1n) is 3.00. The topological polar surface area (TPSA) is 17.8 Å². The van der Waals surface area contributed by atoms with Gasteiger partial charge >= 0.3 is 0 Å². The Balaban J connectivity index is 2.81. The molecule has 1 heterocycles. The number of rotatable bonds is 2. The number of hydrogen-bond donors (Lipinski definition) is 0. The highest BCUT2D eigenvalue weighted by Gasteiger charge is 1.99. The van der Waals surface area contributed by atoms with E-state index in [1.54, 1.807) is 4.68 Å². The number of nitrogens with zero attached hydrogens (tertiary/aromatic N) is 2. The summed E-state index contributed by atoms with van der Waals surface area (Å²) in [7, 11) is 0. The molecule has 0 aliphatic rings. The molecular formula is C6H8FIN2. The summed E-state index contributed by atoms with van der Waals surface area (Å²) in [5.41, 5.74) is 1.02. The van der Waals surface area contributed by atoms with Gasteiger partial charge in [-0.05, 0) is 35.6 Å². The van der Waals surface area contributed by atoms with Gasteiger partial charge in [0.15, 0.2) is 0 Å². The van der Waals surface area contributed by atoms with E-state index in [4.69, 9.17) is 0 Å². The molecule has 0 N–H and O–H groups in total. The molecular weight excluding hydrogens is 246 g/mol. The second-order valence-corrected chi connectivity index (χ2v) is 3.13. The molecule has 0 spiro atoms. The lowest BCUT2D eigenvalue weighted by molar-refractivity contribution is 0.422. The summed E-state index contributed by atoms with van der Waals surface area (Å²) in [6, 6.07) is 1.93. The summed E-state index contributed by atoms with van der Waals surface area (Å²) >= 11 is 2.11. The zero-order chi connectivity index (χ0) is 7.56. The summed E-state index contributed by atoms with van der Waals surface area (Å²) in [6.45, 7) is 1.94. The molecule has 1 aromatic rings. The fourth-order valence-corrected chi connectivity index (χ4v) is 1.49. The first-order valence-corrected chi connectivity index (χ1v) is 4.08. The molecule has 0 aliphatic heterocycles. The van der Waals surface area contributed by atoms with Crippen molar-refractivity contribution in [1.29, 1.82) is 0 Å². The Morgan fingerprint density at radius 2 is 2.50 bits per heavy atom. The third-order valence-electron chi connectivity index (χ3n) is 1.25. The molecule has 0 unspecified atom stereocenters. The summed E-state index contributed by atoms with van der Waals surface area (Å²) in [6.07, 6.45) is 0. The number of aryl methyl sites for hydroxylation is 2. The van der Waals surface area contributed by atoms with Crippen LogP contribution < -0.4 is 0 Å². The Morgan fingerprint density at radius 3 is 2.90 bits per heavy atom. The Kier molecular flexibility index (Phi) is 2.64. The molecule has 0 saturated carbocycles. The van der Waals surface area contributed by atoms with E-state index in [-0.39, 0.29) is 6.67 Å². The molecule has 4 heteroatoms. The van der Waals surface area contributed by atoms with Crippen LogP contribution in [0, 0.1) is 10.6 Å². The Hall–Kier alpha value is -0.130. The number of aromatic nitrogens is 2. The molecule has 1 aromatic heterocycles. The Morgan fingerprint density at radius 1 is 1.80 bits per heavy atom. The van der Waals surface area contributed by atoms with Gasteiger partial charge in [-0.15, -0.1) is 0 Å². The molecule has 0 saturated heterocycles. The van der Waals surface area contributed by atoms with Crippen molar-refractivity contribution in [2.24, 2.45) is 0 Å². The average molecular weight is 254 g/mol. The maximum absolute atomic E-state index is 11.8. The summed E-state index contributed by atoms with van der Waals surface area (Å²) in [5.74, 6) is 0. The zero-order valence-corrected chi connectivity index (χ0v) is 7.80. The van der Waals surface area contributed by atoms with E-state index < -0.39 is 0 Å².